The summed E-state index contributed by atoms with van der Waals surface area (Å²) in [5.74, 6) is -2.37. The number of methoxy groups -OCH3 is 1. The van der Waals surface area contributed by atoms with Gasteiger partial charge < -0.3 is 19.9 Å². The van der Waals surface area contributed by atoms with Crippen LogP contribution in [0.25, 0.3) is 0 Å². The van der Waals surface area contributed by atoms with E-state index in [9.17, 15) is 19.1 Å². The zero-order valence-corrected chi connectivity index (χ0v) is 13.5. The fraction of sp³-hybridized carbons (Fsp3) is 0.500. The number of carboxylic acids is 1. The van der Waals surface area contributed by atoms with Crippen molar-refractivity contribution in [1.29, 1.82) is 0 Å². The summed E-state index contributed by atoms with van der Waals surface area (Å²) in [6, 6.07) is 2.46. The molecule has 0 radical (unpaired) electrons. The van der Waals surface area contributed by atoms with Crippen molar-refractivity contribution in [2.75, 3.05) is 13.7 Å². The molecule has 1 aromatic carbocycles. The van der Waals surface area contributed by atoms with E-state index in [1.54, 1.807) is 0 Å². The maximum absolute atomic E-state index is 13.7. The van der Waals surface area contributed by atoms with E-state index in [1.165, 1.54) is 19.2 Å². The third kappa shape index (κ3) is 6.23. The average molecular weight is 327 g/mol. The normalized spacial score (nSPS) is 12.0. The first-order chi connectivity index (χ1) is 10.8. The van der Waals surface area contributed by atoms with Crippen LogP contribution in [0, 0.1) is 5.82 Å². The maximum atomic E-state index is 13.7. The zero-order valence-electron chi connectivity index (χ0n) is 13.5. The van der Waals surface area contributed by atoms with Crippen molar-refractivity contribution in [1.82, 2.24) is 5.32 Å². The topological polar surface area (TPSA) is 84.9 Å². The van der Waals surface area contributed by atoms with Gasteiger partial charge in [-0.15, -0.1) is 0 Å². The lowest BCUT2D eigenvalue weighted by molar-refractivity contribution is -0.142. The Balaban J connectivity index is 2.66. The summed E-state index contributed by atoms with van der Waals surface area (Å²) >= 11 is 0. The molecule has 0 aromatic heterocycles. The SMILES string of the molecule is COc1ccc(C(NC(=O)CCCOC(C)C)C(=O)O)cc1F. The summed E-state index contributed by atoms with van der Waals surface area (Å²) in [4.78, 5) is 23.2. The van der Waals surface area contributed by atoms with Gasteiger partial charge in [0.15, 0.2) is 17.6 Å². The quantitative estimate of drug-likeness (QED) is 0.680. The van der Waals surface area contributed by atoms with Crippen LogP contribution in [0.1, 0.15) is 38.3 Å². The number of ether oxygens (including phenoxy) is 2. The third-order valence-electron chi connectivity index (χ3n) is 3.06. The van der Waals surface area contributed by atoms with Gasteiger partial charge in [0.2, 0.25) is 5.91 Å². The van der Waals surface area contributed by atoms with Gasteiger partial charge in [0.1, 0.15) is 0 Å². The smallest absolute Gasteiger partial charge is 0.330 e. The monoisotopic (exact) mass is 327 g/mol. The minimum atomic E-state index is -1.31. The minimum absolute atomic E-state index is 0.00931. The maximum Gasteiger partial charge on any atom is 0.330 e. The predicted molar refractivity (Wildman–Crippen MR) is 81.8 cm³/mol. The molecule has 6 nitrogen and oxygen atoms in total. The second-order valence-corrected chi connectivity index (χ2v) is 5.26. The highest BCUT2D eigenvalue weighted by Crippen LogP contribution is 2.22. The van der Waals surface area contributed by atoms with E-state index in [0.29, 0.717) is 13.0 Å². The molecule has 1 rings (SSSR count). The molecular formula is C16H22FNO5. The zero-order chi connectivity index (χ0) is 17.4. The molecule has 128 valence electrons. The Kier molecular flexibility index (Phi) is 7.47. The Morgan fingerprint density at radius 1 is 1.35 bits per heavy atom. The van der Waals surface area contributed by atoms with Crippen LogP contribution in [0.5, 0.6) is 5.75 Å². The lowest BCUT2D eigenvalue weighted by Crippen LogP contribution is -2.33. The van der Waals surface area contributed by atoms with E-state index in [0.717, 1.165) is 6.07 Å². The highest BCUT2D eigenvalue weighted by atomic mass is 19.1. The van der Waals surface area contributed by atoms with E-state index in [4.69, 9.17) is 9.47 Å². The van der Waals surface area contributed by atoms with Gasteiger partial charge in [-0.1, -0.05) is 6.07 Å². The lowest BCUT2D eigenvalue weighted by Gasteiger charge is -2.16. The second kappa shape index (κ2) is 9.09. The number of carbonyl (C=O) groups is 2. The second-order valence-electron chi connectivity index (χ2n) is 5.26. The summed E-state index contributed by atoms with van der Waals surface area (Å²) in [5, 5.41) is 11.6. The molecule has 0 saturated carbocycles. The van der Waals surface area contributed by atoms with Crippen molar-refractivity contribution in [3.05, 3.63) is 29.6 Å². The van der Waals surface area contributed by atoms with E-state index in [1.807, 2.05) is 13.8 Å². The minimum Gasteiger partial charge on any atom is -0.494 e. The van der Waals surface area contributed by atoms with Crippen molar-refractivity contribution in [2.24, 2.45) is 0 Å². The Morgan fingerprint density at radius 3 is 2.57 bits per heavy atom. The molecule has 0 aliphatic carbocycles. The standard InChI is InChI=1S/C16H22FNO5/c1-10(2)23-8-4-5-14(19)18-15(16(20)21)11-6-7-13(22-3)12(17)9-11/h6-7,9-10,15H,4-5,8H2,1-3H3,(H,18,19)(H,20,21). The summed E-state index contributed by atoms with van der Waals surface area (Å²) < 4.78 is 23.8. The van der Waals surface area contributed by atoms with E-state index in [2.05, 4.69) is 5.32 Å². The number of carboxylic acid groups (broad SMARTS) is 1. The molecule has 1 unspecified atom stereocenters. The molecule has 0 aliphatic rings. The highest BCUT2D eigenvalue weighted by Gasteiger charge is 2.23. The van der Waals surface area contributed by atoms with Gasteiger partial charge in [-0.25, -0.2) is 9.18 Å². The summed E-state index contributed by atoms with van der Waals surface area (Å²) in [6.45, 7) is 4.19. The molecule has 0 fully saturated rings. The van der Waals surface area contributed by atoms with Crippen LogP contribution in [-0.4, -0.2) is 36.8 Å². The molecule has 23 heavy (non-hydrogen) atoms. The van der Waals surface area contributed by atoms with Crippen molar-refractivity contribution in [3.63, 3.8) is 0 Å². The molecule has 0 spiro atoms. The fourth-order valence-corrected chi connectivity index (χ4v) is 1.93. The van der Waals surface area contributed by atoms with Gasteiger partial charge in [-0.2, -0.15) is 0 Å². The van der Waals surface area contributed by atoms with Crippen LogP contribution < -0.4 is 10.1 Å². The molecule has 7 heteroatoms. The summed E-state index contributed by atoms with van der Waals surface area (Å²) in [6.07, 6.45) is 0.690. The van der Waals surface area contributed by atoms with Crippen molar-refractivity contribution < 1.29 is 28.6 Å². The predicted octanol–water partition coefficient (Wildman–Crippen LogP) is 2.28. The number of amides is 1. The Morgan fingerprint density at radius 2 is 2.04 bits per heavy atom. The number of rotatable bonds is 9. The van der Waals surface area contributed by atoms with Crippen molar-refractivity contribution in [2.45, 2.75) is 38.8 Å². The molecule has 0 bridgehead atoms. The van der Waals surface area contributed by atoms with Crippen LogP contribution in [0.3, 0.4) is 0 Å². The van der Waals surface area contributed by atoms with Crippen LogP contribution >= 0.6 is 0 Å². The van der Waals surface area contributed by atoms with Gasteiger partial charge >= 0.3 is 5.97 Å². The third-order valence-corrected chi connectivity index (χ3v) is 3.06. The summed E-state index contributed by atoms with van der Waals surface area (Å²) in [7, 11) is 1.31. The van der Waals surface area contributed by atoms with Gasteiger partial charge in [0.05, 0.1) is 13.2 Å². The molecule has 0 aliphatic heterocycles. The number of hydrogen-bond acceptors (Lipinski definition) is 4. The van der Waals surface area contributed by atoms with Crippen LogP contribution in [0.15, 0.2) is 18.2 Å². The molecule has 0 heterocycles. The van der Waals surface area contributed by atoms with Crippen molar-refractivity contribution in [3.8, 4) is 5.75 Å². The first kappa shape index (κ1) is 18.9. The fourth-order valence-electron chi connectivity index (χ4n) is 1.93. The number of benzene rings is 1. The molecule has 0 saturated heterocycles. The Hall–Kier alpha value is -2.15. The Labute approximate surface area is 134 Å². The Bertz CT molecular complexity index is 547. The number of carbonyl (C=O) groups excluding carboxylic acids is 1. The van der Waals surface area contributed by atoms with Gasteiger partial charge in [-0.05, 0) is 38.0 Å². The number of hydrogen-bond donors (Lipinski definition) is 2. The lowest BCUT2D eigenvalue weighted by atomic mass is 10.1. The molecule has 2 N–H and O–H groups in total. The van der Waals surface area contributed by atoms with Crippen LogP contribution in [-0.2, 0) is 14.3 Å². The van der Waals surface area contributed by atoms with Crippen molar-refractivity contribution >= 4 is 11.9 Å². The largest absolute Gasteiger partial charge is 0.494 e. The van der Waals surface area contributed by atoms with Gasteiger partial charge in [0.25, 0.3) is 0 Å². The molecule has 1 aromatic rings. The highest BCUT2D eigenvalue weighted by molar-refractivity contribution is 5.84. The number of aliphatic carboxylic acids is 1. The van der Waals surface area contributed by atoms with E-state index in [-0.39, 0.29) is 23.8 Å². The average Bonchev–Trinajstić information content (AvgIpc) is 2.48. The van der Waals surface area contributed by atoms with Crippen LogP contribution in [0.2, 0.25) is 0 Å². The molecule has 1 amide bonds. The van der Waals surface area contributed by atoms with Gasteiger partial charge in [0, 0.05) is 13.0 Å². The van der Waals surface area contributed by atoms with Crippen LogP contribution in [0.4, 0.5) is 4.39 Å². The van der Waals surface area contributed by atoms with E-state index < -0.39 is 23.7 Å². The van der Waals surface area contributed by atoms with Gasteiger partial charge in [-0.3, -0.25) is 4.79 Å². The molecular weight excluding hydrogens is 305 g/mol. The van der Waals surface area contributed by atoms with E-state index >= 15 is 0 Å². The summed E-state index contributed by atoms with van der Waals surface area (Å²) in [5.41, 5.74) is 0.141. The first-order valence-electron chi connectivity index (χ1n) is 7.32. The molecule has 1 atom stereocenters. The number of nitrogens with one attached hydrogen (secondary N) is 1. The first-order valence-corrected chi connectivity index (χ1v) is 7.32. The number of halogens is 1.